The lowest BCUT2D eigenvalue weighted by Crippen LogP contribution is -2.50. The fourth-order valence-corrected chi connectivity index (χ4v) is 3.50. The van der Waals surface area contributed by atoms with Gasteiger partial charge in [-0.15, -0.1) is 0 Å². The van der Waals surface area contributed by atoms with Gasteiger partial charge in [-0.05, 0) is 49.6 Å². The Balaban J connectivity index is 1.71. The van der Waals surface area contributed by atoms with E-state index in [1.165, 1.54) is 0 Å². The van der Waals surface area contributed by atoms with Crippen LogP contribution in [0.5, 0.6) is 0 Å². The molecule has 3 rings (SSSR count). The summed E-state index contributed by atoms with van der Waals surface area (Å²) in [6.07, 6.45) is 1.72. The van der Waals surface area contributed by atoms with E-state index in [-0.39, 0.29) is 29.7 Å². The number of aryl methyl sites for hydroxylation is 1. The maximum atomic E-state index is 13.1. The van der Waals surface area contributed by atoms with Crippen LogP contribution in [0.3, 0.4) is 0 Å². The molecule has 1 fully saturated rings. The Hall–Kier alpha value is -3.15. The number of rotatable bonds is 5. The fraction of sp³-hybridized carbons (Fsp3) is 0.375. The standard InChI is InChI=1S/C24H29N3O3/c1-16(2)22(28)25-20-10-7-13-27(15-20)24(30)19-12-11-17(3)21(14-19)26-23(29)18-8-5-4-6-9-18/h4-6,8-9,11-12,14,16,20H,7,10,13,15H2,1-3H3,(H,25,28)(H,26,29). The highest BCUT2D eigenvalue weighted by Crippen LogP contribution is 2.21. The molecule has 2 aromatic carbocycles. The molecule has 0 saturated carbocycles. The Labute approximate surface area is 177 Å². The smallest absolute Gasteiger partial charge is 0.255 e. The molecule has 0 bridgehead atoms. The number of nitrogens with one attached hydrogen (secondary N) is 2. The van der Waals surface area contributed by atoms with Crippen molar-refractivity contribution in [2.45, 2.75) is 39.7 Å². The first kappa shape index (κ1) is 21.6. The van der Waals surface area contributed by atoms with Gasteiger partial charge in [0.2, 0.25) is 5.91 Å². The summed E-state index contributed by atoms with van der Waals surface area (Å²) in [7, 11) is 0. The molecule has 6 heteroatoms. The minimum atomic E-state index is -0.210. The number of amides is 3. The lowest BCUT2D eigenvalue weighted by atomic mass is 10.0. The number of benzene rings is 2. The number of hydrogen-bond donors (Lipinski definition) is 2. The summed E-state index contributed by atoms with van der Waals surface area (Å²) in [6.45, 7) is 6.77. The number of nitrogens with zero attached hydrogens (tertiary/aromatic N) is 1. The van der Waals surface area contributed by atoms with E-state index in [0.29, 0.717) is 29.9 Å². The first-order chi connectivity index (χ1) is 14.3. The van der Waals surface area contributed by atoms with Gasteiger partial charge in [0.05, 0.1) is 0 Å². The lowest BCUT2D eigenvalue weighted by molar-refractivity contribution is -0.125. The van der Waals surface area contributed by atoms with Crippen LogP contribution in [0.4, 0.5) is 5.69 Å². The molecular weight excluding hydrogens is 378 g/mol. The summed E-state index contributed by atoms with van der Waals surface area (Å²) in [6, 6.07) is 14.3. The van der Waals surface area contributed by atoms with E-state index >= 15 is 0 Å². The number of anilines is 1. The molecule has 30 heavy (non-hydrogen) atoms. The fourth-order valence-electron chi connectivity index (χ4n) is 3.50. The third-order valence-electron chi connectivity index (χ3n) is 5.35. The molecule has 1 atom stereocenters. The van der Waals surface area contributed by atoms with Crippen molar-refractivity contribution in [3.63, 3.8) is 0 Å². The Bertz CT molecular complexity index is 925. The molecule has 2 aromatic rings. The average molecular weight is 408 g/mol. The molecule has 1 heterocycles. The van der Waals surface area contributed by atoms with E-state index in [1.54, 1.807) is 29.2 Å². The van der Waals surface area contributed by atoms with Gasteiger partial charge in [-0.25, -0.2) is 0 Å². The van der Waals surface area contributed by atoms with Crippen LogP contribution in [0.1, 0.15) is 53.0 Å². The van der Waals surface area contributed by atoms with Crippen LogP contribution in [0, 0.1) is 12.8 Å². The van der Waals surface area contributed by atoms with Gasteiger partial charge in [0, 0.05) is 41.9 Å². The average Bonchev–Trinajstić information content (AvgIpc) is 2.75. The minimum absolute atomic E-state index is 0.00976. The molecule has 0 spiro atoms. The number of piperidine rings is 1. The number of carbonyl (C=O) groups excluding carboxylic acids is 3. The molecule has 0 aromatic heterocycles. The second kappa shape index (κ2) is 9.57. The van der Waals surface area contributed by atoms with Crippen LogP contribution in [0.15, 0.2) is 48.5 Å². The zero-order valence-electron chi connectivity index (χ0n) is 17.8. The normalized spacial score (nSPS) is 16.3. The Kier molecular flexibility index (Phi) is 6.87. The highest BCUT2D eigenvalue weighted by molar-refractivity contribution is 6.05. The number of carbonyl (C=O) groups is 3. The van der Waals surface area contributed by atoms with Crippen LogP contribution in [0.2, 0.25) is 0 Å². The molecule has 0 radical (unpaired) electrons. The molecular formula is C24H29N3O3. The quantitative estimate of drug-likeness (QED) is 0.795. The van der Waals surface area contributed by atoms with Gasteiger partial charge in [0.25, 0.3) is 11.8 Å². The first-order valence-electron chi connectivity index (χ1n) is 10.4. The second-order valence-electron chi connectivity index (χ2n) is 8.10. The summed E-state index contributed by atoms with van der Waals surface area (Å²) in [4.78, 5) is 39.4. The van der Waals surface area contributed by atoms with Crippen molar-refractivity contribution in [3.8, 4) is 0 Å². The molecule has 1 unspecified atom stereocenters. The molecule has 3 amide bonds. The van der Waals surface area contributed by atoms with Crippen molar-refractivity contribution in [1.82, 2.24) is 10.2 Å². The summed E-state index contributed by atoms with van der Waals surface area (Å²) < 4.78 is 0. The third kappa shape index (κ3) is 5.26. The summed E-state index contributed by atoms with van der Waals surface area (Å²) in [5.41, 5.74) is 2.60. The van der Waals surface area contributed by atoms with Crippen molar-refractivity contribution < 1.29 is 14.4 Å². The van der Waals surface area contributed by atoms with Gasteiger partial charge in [0.1, 0.15) is 0 Å². The highest BCUT2D eigenvalue weighted by Gasteiger charge is 2.26. The van der Waals surface area contributed by atoms with Crippen LogP contribution >= 0.6 is 0 Å². The molecule has 0 aliphatic carbocycles. The van der Waals surface area contributed by atoms with Crippen molar-refractivity contribution >= 4 is 23.4 Å². The maximum absolute atomic E-state index is 13.1. The van der Waals surface area contributed by atoms with Crippen LogP contribution in [0.25, 0.3) is 0 Å². The minimum Gasteiger partial charge on any atom is -0.351 e. The summed E-state index contributed by atoms with van der Waals surface area (Å²) >= 11 is 0. The van der Waals surface area contributed by atoms with Gasteiger partial charge in [-0.3, -0.25) is 14.4 Å². The lowest BCUT2D eigenvalue weighted by Gasteiger charge is -2.33. The third-order valence-corrected chi connectivity index (χ3v) is 5.35. The van der Waals surface area contributed by atoms with Gasteiger partial charge in [-0.2, -0.15) is 0 Å². The van der Waals surface area contributed by atoms with Crippen molar-refractivity contribution in [2.24, 2.45) is 5.92 Å². The van der Waals surface area contributed by atoms with Gasteiger partial charge in [-0.1, -0.05) is 38.1 Å². The number of hydrogen-bond acceptors (Lipinski definition) is 3. The van der Waals surface area contributed by atoms with E-state index in [4.69, 9.17) is 0 Å². The maximum Gasteiger partial charge on any atom is 0.255 e. The monoisotopic (exact) mass is 407 g/mol. The zero-order valence-corrected chi connectivity index (χ0v) is 17.8. The first-order valence-corrected chi connectivity index (χ1v) is 10.4. The Morgan fingerprint density at radius 2 is 1.77 bits per heavy atom. The summed E-state index contributed by atoms with van der Waals surface area (Å²) in [5.74, 6) is -0.369. The molecule has 1 aliphatic rings. The topological polar surface area (TPSA) is 78.5 Å². The van der Waals surface area contributed by atoms with Crippen molar-refractivity contribution in [2.75, 3.05) is 18.4 Å². The molecule has 1 saturated heterocycles. The van der Waals surface area contributed by atoms with Crippen molar-refractivity contribution in [1.29, 1.82) is 0 Å². The zero-order chi connectivity index (χ0) is 21.7. The van der Waals surface area contributed by atoms with E-state index in [9.17, 15) is 14.4 Å². The van der Waals surface area contributed by atoms with Crippen LogP contribution < -0.4 is 10.6 Å². The molecule has 1 aliphatic heterocycles. The Morgan fingerprint density at radius 3 is 2.47 bits per heavy atom. The Morgan fingerprint density at radius 1 is 1.03 bits per heavy atom. The van der Waals surface area contributed by atoms with E-state index < -0.39 is 0 Å². The van der Waals surface area contributed by atoms with Gasteiger partial charge >= 0.3 is 0 Å². The van der Waals surface area contributed by atoms with Crippen LogP contribution in [-0.2, 0) is 4.79 Å². The molecule has 158 valence electrons. The van der Waals surface area contributed by atoms with E-state index in [0.717, 1.165) is 18.4 Å². The van der Waals surface area contributed by atoms with Gasteiger partial charge < -0.3 is 15.5 Å². The van der Waals surface area contributed by atoms with Crippen molar-refractivity contribution in [3.05, 3.63) is 65.2 Å². The summed E-state index contributed by atoms with van der Waals surface area (Å²) in [5, 5.41) is 5.93. The molecule has 6 nitrogen and oxygen atoms in total. The highest BCUT2D eigenvalue weighted by atomic mass is 16.2. The predicted molar refractivity (Wildman–Crippen MR) is 117 cm³/mol. The number of likely N-dealkylation sites (tertiary alicyclic amines) is 1. The molecule has 2 N–H and O–H groups in total. The predicted octanol–water partition coefficient (Wildman–Crippen LogP) is 3.62. The second-order valence-corrected chi connectivity index (χ2v) is 8.10. The largest absolute Gasteiger partial charge is 0.351 e. The van der Waals surface area contributed by atoms with Crippen LogP contribution in [-0.4, -0.2) is 41.8 Å². The van der Waals surface area contributed by atoms with Gasteiger partial charge in [0.15, 0.2) is 0 Å². The van der Waals surface area contributed by atoms with E-state index in [1.807, 2.05) is 45.0 Å². The SMILES string of the molecule is Cc1ccc(C(=O)N2CCCC(NC(=O)C(C)C)C2)cc1NC(=O)c1ccccc1. The van der Waals surface area contributed by atoms with E-state index in [2.05, 4.69) is 10.6 Å².